The highest BCUT2D eigenvalue weighted by Crippen LogP contribution is 2.31. The summed E-state index contributed by atoms with van der Waals surface area (Å²) in [7, 11) is 2.00. The first kappa shape index (κ1) is 16.5. The van der Waals surface area contributed by atoms with E-state index in [1.807, 2.05) is 19.2 Å². The molecule has 0 aliphatic rings. The highest BCUT2D eigenvalue weighted by Gasteiger charge is 2.16. The maximum Gasteiger partial charge on any atom is 0.0577 e. The van der Waals surface area contributed by atoms with Crippen molar-refractivity contribution in [2.24, 2.45) is 0 Å². The van der Waals surface area contributed by atoms with Crippen molar-refractivity contribution in [3.8, 4) is 0 Å². The van der Waals surface area contributed by atoms with E-state index in [0.29, 0.717) is 0 Å². The fourth-order valence-corrected chi connectivity index (χ4v) is 3.08. The molecule has 1 atom stereocenters. The first-order chi connectivity index (χ1) is 10.1. The van der Waals surface area contributed by atoms with Crippen molar-refractivity contribution in [2.45, 2.75) is 32.7 Å². The van der Waals surface area contributed by atoms with Crippen LogP contribution in [0.4, 0.5) is 0 Å². The molecular formula is C18H21BrClN. The Kier molecular flexibility index (Phi) is 5.86. The van der Waals surface area contributed by atoms with Crippen molar-refractivity contribution < 1.29 is 0 Å². The average Bonchev–Trinajstić information content (AvgIpc) is 2.51. The first-order valence-corrected chi connectivity index (χ1v) is 8.51. The molecule has 1 unspecified atom stereocenters. The van der Waals surface area contributed by atoms with Crippen molar-refractivity contribution in [2.75, 3.05) is 7.05 Å². The van der Waals surface area contributed by atoms with Gasteiger partial charge in [0.25, 0.3) is 0 Å². The third-order valence-electron chi connectivity index (χ3n) is 3.88. The number of nitrogens with one attached hydrogen (secondary N) is 1. The molecule has 0 fully saturated rings. The normalized spacial score (nSPS) is 12.4. The summed E-state index contributed by atoms with van der Waals surface area (Å²) < 4.78 is 0.931. The zero-order chi connectivity index (χ0) is 15.4. The van der Waals surface area contributed by atoms with Crippen LogP contribution in [-0.4, -0.2) is 7.05 Å². The summed E-state index contributed by atoms with van der Waals surface area (Å²) in [5.41, 5.74) is 5.28. The second-order valence-electron chi connectivity index (χ2n) is 5.14. The Balaban J connectivity index is 2.51. The van der Waals surface area contributed by atoms with Gasteiger partial charge in [0.1, 0.15) is 0 Å². The van der Waals surface area contributed by atoms with Gasteiger partial charge in [-0.15, -0.1) is 0 Å². The Bertz CT molecular complexity index is 625. The van der Waals surface area contributed by atoms with E-state index in [9.17, 15) is 0 Å². The zero-order valence-electron chi connectivity index (χ0n) is 12.7. The maximum absolute atomic E-state index is 6.26. The highest BCUT2D eigenvalue weighted by atomic mass is 79.9. The van der Waals surface area contributed by atoms with Crippen LogP contribution in [0.15, 0.2) is 40.9 Å². The van der Waals surface area contributed by atoms with Crippen LogP contribution in [0.1, 0.15) is 42.1 Å². The molecule has 0 amide bonds. The minimum Gasteiger partial charge on any atom is -0.309 e. The van der Waals surface area contributed by atoms with Gasteiger partial charge in [-0.1, -0.05) is 49.7 Å². The van der Waals surface area contributed by atoms with Crippen molar-refractivity contribution in [3.05, 3.63) is 68.1 Å². The number of hydrogen-bond donors (Lipinski definition) is 1. The topological polar surface area (TPSA) is 12.0 Å². The summed E-state index contributed by atoms with van der Waals surface area (Å²) in [6, 6.07) is 13.1. The Morgan fingerprint density at radius 3 is 2.43 bits per heavy atom. The highest BCUT2D eigenvalue weighted by molar-refractivity contribution is 9.10. The van der Waals surface area contributed by atoms with E-state index in [1.54, 1.807) is 0 Å². The number of benzene rings is 2. The maximum atomic E-state index is 6.26. The Morgan fingerprint density at radius 2 is 1.86 bits per heavy atom. The van der Waals surface area contributed by atoms with Crippen molar-refractivity contribution >= 4 is 27.5 Å². The van der Waals surface area contributed by atoms with E-state index in [1.165, 1.54) is 22.3 Å². The minimum atomic E-state index is 0.164. The zero-order valence-corrected chi connectivity index (χ0v) is 15.1. The molecule has 0 aromatic heterocycles. The van der Waals surface area contributed by atoms with E-state index in [0.717, 1.165) is 22.3 Å². The van der Waals surface area contributed by atoms with Crippen LogP contribution < -0.4 is 5.32 Å². The average molecular weight is 367 g/mol. The molecule has 21 heavy (non-hydrogen) atoms. The first-order valence-electron chi connectivity index (χ1n) is 7.34. The molecule has 1 N–H and O–H groups in total. The number of halogens is 2. The van der Waals surface area contributed by atoms with Crippen molar-refractivity contribution in [3.63, 3.8) is 0 Å². The van der Waals surface area contributed by atoms with Gasteiger partial charge in [-0.2, -0.15) is 0 Å². The minimum absolute atomic E-state index is 0.164. The summed E-state index contributed by atoms with van der Waals surface area (Å²) in [5.74, 6) is 0. The summed E-state index contributed by atoms with van der Waals surface area (Å²) in [6.07, 6.45) is 2.08. The van der Waals surface area contributed by atoms with Crippen LogP contribution in [0.2, 0.25) is 5.02 Å². The molecule has 0 aliphatic heterocycles. The molecule has 0 radical (unpaired) electrons. The fourth-order valence-electron chi connectivity index (χ4n) is 2.65. The molecular weight excluding hydrogens is 346 g/mol. The van der Waals surface area contributed by atoms with Crippen LogP contribution in [-0.2, 0) is 12.8 Å². The fraction of sp³-hybridized carbons (Fsp3) is 0.333. The van der Waals surface area contributed by atoms with Crippen molar-refractivity contribution in [1.82, 2.24) is 5.32 Å². The Labute approximate surface area is 140 Å². The van der Waals surface area contributed by atoms with E-state index in [4.69, 9.17) is 11.6 Å². The molecule has 0 heterocycles. The van der Waals surface area contributed by atoms with Gasteiger partial charge in [0.15, 0.2) is 0 Å². The number of hydrogen-bond acceptors (Lipinski definition) is 1. The monoisotopic (exact) mass is 365 g/mol. The van der Waals surface area contributed by atoms with E-state index in [-0.39, 0.29) is 6.04 Å². The van der Waals surface area contributed by atoms with Gasteiger partial charge >= 0.3 is 0 Å². The summed E-state index contributed by atoms with van der Waals surface area (Å²) in [4.78, 5) is 0. The number of rotatable bonds is 5. The summed E-state index contributed by atoms with van der Waals surface area (Å²) in [6.45, 7) is 4.39. The second kappa shape index (κ2) is 7.44. The van der Waals surface area contributed by atoms with Crippen molar-refractivity contribution in [1.29, 1.82) is 0 Å². The quantitative estimate of drug-likeness (QED) is 0.733. The molecule has 2 aromatic rings. The standard InChI is InChI=1S/C18H21BrClN/c1-4-12-6-7-13(5-2)15(10-12)18(21-3)14-8-9-16(19)17(20)11-14/h6-11,18,21H,4-5H2,1-3H3. The van der Waals surface area contributed by atoms with Crippen LogP contribution in [0, 0.1) is 0 Å². The lowest BCUT2D eigenvalue weighted by Gasteiger charge is -2.22. The van der Waals surface area contributed by atoms with Gasteiger partial charge in [0.05, 0.1) is 11.1 Å². The van der Waals surface area contributed by atoms with E-state index in [2.05, 4.69) is 59.4 Å². The molecule has 2 aromatic carbocycles. The third-order valence-corrected chi connectivity index (χ3v) is 5.11. The Hall–Kier alpha value is -0.830. The molecule has 0 saturated heterocycles. The summed E-state index contributed by atoms with van der Waals surface area (Å²) in [5, 5.41) is 4.18. The van der Waals surface area contributed by atoms with Gasteiger partial charge < -0.3 is 5.32 Å². The van der Waals surface area contributed by atoms with Crippen LogP contribution in [0.25, 0.3) is 0 Å². The SMILES string of the molecule is CCc1ccc(CC)c(C(NC)c2ccc(Br)c(Cl)c2)c1. The van der Waals surface area contributed by atoms with Gasteiger partial charge in [-0.05, 0) is 70.2 Å². The Morgan fingerprint density at radius 1 is 1.10 bits per heavy atom. The van der Waals surface area contributed by atoms with E-state index < -0.39 is 0 Å². The van der Waals surface area contributed by atoms with E-state index >= 15 is 0 Å². The van der Waals surface area contributed by atoms with Gasteiger partial charge in [0.2, 0.25) is 0 Å². The molecule has 0 bridgehead atoms. The smallest absolute Gasteiger partial charge is 0.0577 e. The predicted molar refractivity (Wildman–Crippen MR) is 95.3 cm³/mol. The van der Waals surface area contributed by atoms with Gasteiger partial charge in [0, 0.05) is 4.47 Å². The number of aryl methyl sites for hydroxylation is 2. The lowest BCUT2D eigenvalue weighted by Crippen LogP contribution is -2.19. The van der Waals surface area contributed by atoms with Crippen LogP contribution >= 0.6 is 27.5 Å². The molecule has 0 spiro atoms. The lowest BCUT2D eigenvalue weighted by atomic mass is 9.91. The second-order valence-corrected chi connectivity index (χ2v) is 6.40. The van der Waals surface area contributed by atoms with Crippen LogP contribution in [0.5, 0.6) is 0 Å². The molecule has 112 valence electrons. The van der Waals surface area contributed by atoms with Gasteiger partial charge in [-0.3, -0.25) is 0 Å². The molecule has 1 nitrogen and oxygen atoms in total. The molecule has 3 heteroatoms. The third kappa shape index (κ3) is 3.68. The molecule has 0 saturated carbocycles. The summed E-state index contributed by atoms with van der Waals surface area (Å²) >= 11 is 9.72. The largest absolute Gasteiger partial charge is 0.309 e. The lowest BCUT2D eigenvalue weighted by molar-refractivity contribution is 0.683. The predicted octanol–water partition coefficient (Wildman–Crippen LogP) is 5.54. The molecule has 0 aliphatic carbocycles. The van der Waals surface area contributed by atoms with Crippen LogP contribution in [0.3, 0.4) is 0 Å². The molecule has 2 rings (SSSR count). The van der Waals surface area contributed by atoms with Gasteiger partial charge in [-0.25, -0.2) is 0 Å².